The van der Waals surface area contributed by atoms with Gasteiger partial charge in [-0.3, -0.25) is 4.79 Å². The summed E-state index contributed by atoms with van der Waals surface area (Å²) in [7, 11) is 0. The van der Waals surface area contributed by atoms with Crippen LogP contribution in [0, 0.1) is 0 Å². The van der Waals surface area contributed by atoms with Crippen LogP contribution in [0.3, 0.4) is 0 Å². The Bertz CT molecular complexity index is 208. The van der Waals surface area contributed by atoms with E-state index >= 15 is 0 Å². The summed E-state index contributed by atoms with van der Waals surface area (Å²) in [6.45, 7) is 3.41. The van der Waals surface area contributed by atoms with Crippen LogP contribution in [-0.2, 0) is 4.79 Å². The van der Waals surface area contributed by atoms with Gasteiger partial charge in [0.05, 0.1) is 0 Å². The van der Waals surface area contributed by atoms with E-state index in [4.69, 9.17) is 5.21 Å². The molecule has 0 fully saturated rings. The summed E-state index contributed by atoms with van der Waals surface area (Å²) in [5.74, 6) is 1.95. The van der Waals surface area contributed by atoms with Gasteiger partial charge in [-0.15, -0.1) is 11.8 Å². The van der Waals surface area contributed by atoms with Crippen molar-refractivity contribution in [3.8, 4) is 0 Å². The molecule has 0 aromatic carbocycles. The predicted molar refractivity (Wildman–Crippen MR) is 69.0 cm³/mol. The van der Waals surface area contributed by atoms with Crippen LogP contribution in [0.5, 0.6) is 0 Å². The monoisotopic (exact) mass is 249 g/mol. The van der Waals surface area contributed by atoms with Crippen molar-refractivity contribution in [1.82, 2.24) is 0 Å². The first-order chi connectivity index (χ1) is 7.16. The maximum Gasteiger partial charge on any atom is 0.185 e. The van der Waals surface area contributed by atoms with Crippen molar-refractivity contribution in [3.63, 3.8) is 0 Å². The molecule has 0 rings (SSSR count). The molecule has 0 aliphatic heterocycles. The molecule has 0 aliphatic carbocycles. The number of hydrogen-bond acceptors (Lipinski definition) is 5. The third-order valence-electron chi connectivity index (χ3n) is 1.80. The van der Waals surface area contributed by atoms with Crippen LogP contribution < -0.4 is 0 Å². The average Bonchev–Trinajstić information content (AvgIpc) is 2.21. The van der Waals surface area contributed by atoms with E-state index in [-0.39, 0.29) is 5.12 Å². The molecule has 5 heteroatoms. The first-order valence-electron chi connectivity index (χ1n) is 5.11. The first kappa shape index (κ1) is 14.8. The number of unbranched alkanes of at least 4 members (excludes halogenated alkanes) is 3. The van der Waals surface area contributed by atoms with Crippen molar-refractivity contribution in [1.29, 1.82) is 0 Å². The van der Waals surface area contributed by atoms with Crippen LogP contribution in [-0.4, -0.2) is 26.9 Å². The second-order valence-electron chi connectivity index (χ2n) is 3.22. The third kappa shape index (κ3) is 11.8. The van der Waals surface area contributed by atoms with Gasteiger partial charge >= 0.3 is 0 Å². The third-order valence-corrected chi connectivity index (χ3v) is 3.69. The molecule has 0 aromatic rings. The number of nitrogens with zero attached hydrogens (tertiary/aromatic N) is 1. The summed E-state index contributed by atoms with van der Waals surface area (Å²) in [6, 6.07) is 0. The predicted octanol–water partition coefficient (Wildman–Crippen LogP) is 3.37. The molecule has 0 spiro atoms. The maximum atomic E-state index is 10.6. The number of oxime groups is 1. The highest BCUT2D eigenvalue weighted by molar-refractivity contribution is 8.14. The van der Waals surface area contributed by atoms with Gasteiger partial charge in [-0.25, -0.2) is 0 Å². The fraction of sp³-hybridized carbons (Fsp3) is 0.800. The van der Waals surface area contributed by atoms with E-state index < -0.39 is 0 Å². The Balaban J connectivity index is 3.08. The van der Waals surface area contributed by atoms with Crippen LogP contribution in [0.15, 0.2) is 5.16 Å². The quantitative estimate of drug-likeness (QED) is 0.247. The van der Waals surface area contributed by atoms with Gasteiger partial charge in [0.2, 0.25) is 0 Å². The molecular weight excluding hydrogens is 230 g/mol. The number of hydrogen-bond donors (Lipinski definition) is 1. The summed E-state index contributed by atoms with van der Waals surface area (Å²) in [6.07, 6.45) is 4.62. The van der Waals surface area contributed by atoms with E-state index in [9.17, 15) is 4.79 Å². The van der Waals surface area contributed by atoms with E-state index in [1.165, 1.54) is 24.6 Å². The van der Waals surface area contributed by atoms with E-state index in [0.717, 1.165) is 29.4 Å². The Morgan fingerprint density at radius 1 is 1.07 bits per heavy atom. The minimum Gasteiger partial charge on any atom is -0.410 e. The largest absolute Gasteiger partial charge is 0.410 e. The molecule has 0 radical (unpaired) electrons. The Kier molecular flexibility index (Phi) is 10.3. The van der Waals surface area contributed by atoms with Gasteiger partial charge in [0.1, 0.15) is 5.04 Å². The highest BCUT2D eigenvalue weighted by Crippen LogP contribution is 2.11. The first-order valence-corrected chi connectivity index (χ1v) is 7.08. The molecule has 0 amide bonds. The molecule has 0 saturated carbocycles. The minimum absolute atomic E-state index is 0.209. The standard InChI is InChI=1S/C10H19NO2S2/c1-9(11-13)14-7-5-3-4-6-8-15-10(2)12/h13H,3-8H2,1-2H3/b11-9-. The summed E-state index contributed by atoms with van der Waals surface area (Å²) >= 11 is 2.99. The lowest BCUT2D eigenvalue weighted by atomic mass is 10.2. The molecule has 0 bridgehead atoms. The van der Waals surface area contributed by atoms with Gasteiger partial charge in [0.25, 0.3) is 0 Å². The van der Waals surface area contributed by atoms with E-state index in [0.29, 0.717) is 0 Å². The van der Waals surface area contributed by atoms with Gasteiger partial charge in [-0.1, -0.05) is 29.8 Å². The average molecular weight is 249 g/mol. The Labute approximate surface area is 100 Å². The molecule has 88 valence electrons. The minimum atomic E-state index is 0.209. The van der Waals surface area contributed by atoms with Crippen molar-refractivity contribution in [2.24, 2.45) is 5.16 Å². The van der Waals surface area contributed by atoms with Crippen molar-refractivity contribution >= 4 is 33.7 Å². The molecule has 0 aromatic heterocycles. The zero-order valence-electron chi connectivity index (χ0n) is 9.36. The summed E-state index contributed by atoms with van der Waals surface area (Å²) in [5, 5.41) is 12.4. The van der Waals surface area contributed by atoms with Crippen LogP contribution in [0.4, 0.5) is 0 Å². The molecule has 0 saturated heterocycles. The lowest BCUT2D eigenvalue weighted by Crippen LogP contribution is -1.89. The second kappa shape index (κ2) is 10.4. The fourth-order valence-corrected chi connectivity index (χ4v) is 2.36. The number of carbonyl (C=O) groups excluding carboxylic acids is 1. The van der Waals surface area contributed by atoms with Crippen LogP contribution in [0.2, 0.25) is 0 Å². The van der Waals surface area contributed by atoms with E-state index in [1.54, 1.807) is 25.6 Å². The molecule has 0 aliphatic rings. The van der Waals surface area contributed by atoms with Gasteiger partial charge in [0.15, 0.2) is 5.12 Å². The second-order valence-corrected chi connectivity index (χ2v) is 5.78. The molecule has 1 N–H and O–H groups in total. The molecule has 0 atom stereocenters. The summed E-state index contributed by atoms with van der Waals surface area (Å²) < 4.78 is 0. The fourth-order valence-electron chi connectivity index (χ4n) is 1.02. The van der Waals surface area contributed by atoms with Crippen molar-refractivity contribution in [3.05, 3.63) is 0 Å². The van der Waals surface area contributed by atoms with Gasteiger partial charge < -0.3 is 5.21 Å². The van der Waals surface area contributed by atoms with Crippen molar-refractivity contribution < 1.29 is 10.0 Å². The molecular formula is C10H19NO2S2. The lowest BCUT2D eigenvalue weighted by Gasteiger charge is -2.00. The van der Waals surface area contributed by atoms with Crippen LogP contribution in [0.1, 0.15) is 39.5 Å². The zero-order chi connectivity index (χ0) is 11.5. The number of rotatable bonds is 7. The summed E-state index contributed by atoms with van der Waals surface area (Å²) in [5.41, 5.74) is 0. The Morgan fingerprint density at radius 3 is 2.07 bits per heavy atom. The van der Waals surface area contributed by atoms with Gasteiger partial charge in [-0.2, -0.15) is 0 Å². The zero-order valence-corrected chi connectivity index (χ0v) is 11.0. The van der Waals surface area contributed by atoms with Crippen LogP contribution >= 0.6 is 23.5 Å². The Morgan fingerprint density at radius 2 is 1.60 bits per heavy atom. The number of carbonyl (C=O) groups is 1. The lowest BCUT2D eigenvalue weighted by molar-refractivity contribution is -0.109. The van der Waals surface area contributed by atoms with Crippen molar-refractivity contribution in [2.45, 2.75) is 39.5 Å². The van der Waals surface area contributed by atoms with Gasteiger partial charge in [0, 0.05) is 12.7 Å². The molecule has 3 nitrogen and oxygen atoms in total. The SMILES string of the molecule is CC(=O)SCCCCCCS/C(C)=N\O. The van der Waals surface area contributed by atoms with Crippen LogP contribution in [0.25, 0.3) is 0 Å². The molecule has 0 heterocycles. The van der Waals surface area contributed by atoms with E-state index in [1.807, 2.05) is 0 Å². The van der Waals surface area contributed by atoms with E-state index in [2.05, 4.69) is 5.16 Å². The normalized spacial score (nSPS) is 11.7. The molecule has 0 unspecified atom stereocenters. The highest BCUT2D eigenvalue weighted by atomic mass is 32.2. The number of thioether (sulfide) groups is 2. The van der Waals surface area contributed by atoms with Crippen molar-refractivity contribution in [2.75, 3.05) is 11.5 Å². The molecule has 15 heavy (non-hydrogen) atoms. The maximum absolute atomic E-state index is 10.6. The highest BCUT2D eigenvalue weighted by Gasteiger charge is 1.96. The smallest absolute Gasteiger partial charge is 0.185 e. The summed E-state index contributed by atoms with van der Waals surface area (Å²) in [4.78, 5) is 10.6. The topological polar surface area (TPSA) is 49.7 Å². The Hall–Kier alpha value is -0.160. The van der Waals surface area contributed by atoms with Gasteiger partial charge in [-0.05, 0) is 25.5 Å².